The fourth-order valence-electron chi connectivity index (χ4n) is 6.61. The first-order chi connectivity index (χ1) is 12.6. The van der Waals surface area contributed by atoms with Gasteiger partial charge in [0.2, 0.25) is 0 Å². The van der Waals surface area contributed by atoms with E-state index >= 15 is 0 Å². The van der Waals surface area contributed by atoms with Crippen molar-refractivity contribution in [2.75, 3.05) is 13.6 Å². The third kappa shape index (κ3) is 2.02. The van der Waals surface area contributed by atoms with E-state index in [1.807, 2.05) is 18.2 Å². The third-order valence-corrected chi connectivity index (χ3v) is 8.04. The van der Waals surface area contributed by atoms with Gasteiger partial charge >= 0.3 is 0 Å². The number of piperidine rings is 1. The highest BCUT2D eigenvalue weighted by Crippen LogP contribution is 2.63. The highest BCUT2D eigenvalue weighted by molar-refractivity contribution is 5.72. The van der Waals surface area contributed by atoms with Gasteiger partial charge in [0.1, 0.15) is 5.75 Å². The second-order valence-corrected chi connectivity index (χ2v) is 9.05. The number of phenols is 1. The van der Waals surface area contributed by atoms with E-state index in [1.165, 1.54) is 49.8 Å². The Bertz CT molecular complexity index is 845. The van der Waals surface area contributed by atoms with Crippen LogP contribution in [0, 0.1) is 5.41 Å². The number of likely N-dealkylation sites (N-methyl/N-ethyl adjacent to an activating group) is 1. The molecule has 1 heterocycles. The maximum Gasteiger partial charge on any atom is 0.123 e. The molecule has 26 heavy (non-hydrogen) atoms. The molecule has 2 heteroatoms. The molecular formula is C24H29NO. The zero-order valence-corrected chi connectivity index (χ0v) is 16.0. The molecule has 1 N–H and O–H groups in total. The van der Waals surface area contributed by atoms with Gasteiger partial charge in [0, 0.05) is 17.0 Å². The van der Waals surface area contributed by atoms with Crippen molar-refractivity contribution < 1.29 is 5.11 Å². The van der Waals surface area contributed by atoms with Crippen molar-refractivity contribution in [3.05, 3.63) is 53.6 Å². The van der Waals surface area contributed by atoms with Crippen LogP contribution in [0.4, 0.5) is 0 Å². The zero-order valence-electron chi connectivity index (χ0n) is 16.0. The van der Waals surface area contributed by atoms with Crippen LogP contribution in [0.2, 0.25) is 0 Å². The Kier molecular flexibility index (Phi) is 3.53. The first-order valence-corrected chi connectivity index (χ1v) is 10.2. The monoisotopic (exact) mass is 347 g/mol. The highest BCUT2D eigenvalue weighted by atomic mass is 16.3. The molecule has 2 aromatic carbocycles. The molecule has 1 saturated heterocycles. The molecule has 1 aliphatic heterocycles. The number of fused-ring (bicyclic) bond motifs is 1. The van der Waals surface area contributed by atoms with E-state index in [4.69, 9.17) is 0 Å². The smallest absolute Gasteiger partial charge is 0.123 e. The first kappa shape index (κ1) is 16.4. The van der Waals surface area contributed by atoms with Crippen molar-refractivity contribution in [1.29, 1.82) is 0 Å². The Morgan fingerprint density at radius 1 is 1.04 bits per heavy atom. The topological polar surface area (TPSA) is 23.5 Å². The number of hydrogen-bond acceptors (Lipinski definition) is 2. The van der Waals surface area contributed by atoms with Gasteiger partial charge in [-0.2, -0.15) is 0 Å². The van der Waals surface area contributed by atoms with E-state index in [0.29, 0.717) is 17.2 Å². The number of hydrogen-bond donors (Lipinski definition) is 1. The number of rotatable bonds is 1. The number of likely N-dealkylation sites (tertiary alicyclic amines) is 1. The number of benzene rings is 2. The molecule has 2 nitrogen and oxygen atoms in total. The molecule has 136 valence electrons. The third-order valence-electron chi connectivity index (χ3n) is 8.04. The largest absolute Gasteiger partial charge is 0.507 e. The maximum absolute atomic E-state index is 10.9. The predicted octanol–water partition coefficient (Wildman–Crippen LogP) is 5.14. The Labute approximate surface area is 156 Å². The Morgan fingerprint density at radius 3 is 2.62 bits per heavy atom. The van der Waals surface area contributed by atoms with Crippen molar-refractivity contribution in [2.45, 2.75) is 56.9 Å². The molecule has 2 fully saturated rings. The molecular weight excluding hydrogens is 318 g/mol. The summed E-state index contributed by atoms with van der Waals surface area (Å²) >= 11 is 0. The van der Waals surface area contributed by atoms with Crippen LogP contribution in [0.25, 0.3) is 11.1 Å². The molecule has 2 aromatic rings. The summed E-state index contributed by atoms with van der Waals surface area (Å²) in [5.41, 5.74) is 5.62. The lowest BCUT2D eigenvalue weighted by Crippen LogP contribution is -2.66. The van der Waals surface area contributed by atoms with Crippen molar-refractivity contribution >= 4 is 0 Å². The predicted molar refractivity (Wildman–Crippen MR) is 107 cm³/mol. The van der Waals surface area contributed by atoms with Crippen molar-refractivity contribution in [2.24, 2.45) is 5.41 Å². The van der Waals surface area contributed by atoms with Crippen molar-refractivity contribution in [1.82, 2.24) is 4.90 Å². The van der Waals surface area contributed by atoms with E-state index in [-0.39, 0.29) is 5.41 Å². The van der Waals surface area contributed by atoms with Crippen molar-refractivity contribution in [3.8, 4) is 16.9 Å². The van der Waals surface area contributed by atoms with Gasteiger partial charge in [-0.1, -0.05) is 50.1 Å². The van der Waals surface area contributed by atoms with Crippen LogP contribution in [0.1, 0.15) is 50.2 Å². The van der Waals surface area contributed by atoms with Crippen LogP contribution < -0.4 is 0 Å². The molecule has 0 amide bonds. The summed E-state index contributed by atoms with van der Waals surface area (Å²) < 4.78 is 0. The Balaban J connectivity index is 1.72. The fourth-order valence-corrected chi connectivity index (χ4v) is 6.61. The van der Waals surface area contributed by atoms with Gasteiger partial charge in [-0.15, -0.1) is 0 Å². The van der Waals surface area contributed by atoms with Gasteiger partial charge in [0.15, 0.2) is 0 Å². The minimum absolute atomic E-state index is 0.253. The van der Waals surface area contributed by atoms with E-state index in [0.717, 1.165) is 17.5 Å². The molecule has 5 rings (SSSR count). The molecule has 3 aliphatic rings. The summed E-state index contributed by atoms with van der Waals surface area (Å²) in [7, 11) is 2.32. The number of nitrogens with zero attached hydrogens (tertiary/aromatic N) is 1. The van der Waals surface area contributed by atoms with E-state index < -0.39 is 0 Å². The second-order valence-electron chi connectivity index (χ2n) is 9.05. The van der Waals surface area contributed by atoms with Gasteiger partial charge in [-0.25, -0.2) is 0 Å². The second kappa shape index (κ2) is 5.60. The van der Waals surface area contributed by atoms with Crippen LogP contribution in [0.5, 0.6) is 5.75 Å². The van der Waals surface area contributed by atoms with Crippen LogP contribution >= 0.6 is 0 Å². The zero-order chi connectivity index (χ0) is 17.9. The summed E-state index contributed by atoms with van der Waals surface area (Å²) in [5.74, 6) is 0.453. The summed E-state index contributed by atoms with van der Waals surface area (Å²) in [4.78, 5) is 2.61. The van der Waals surface area contributed by atoms with Gasteiger partial charge < -0.3 is 10.0 Å². The minimum atomic E-state index is 0.253. The Morgan fingerprint density at radius 2 is 1.81 bits per heavy atom. The molecule has 3 atom stereocenters. The highest BCUT2D eigenvalue weighted by Gasteiger charge is 2.60. The van der Waals surface area contributed by atoms with Crippen molar-refractivity contribution in [3.63, 3.8) is 0 Å². The molecule has 2 bridgehead atoms. The van der Waals surface area contributed by atoms with Gasteiger partial charge in [-0.05, 0) is 73.5 Å². The molecule has 1 saturated carbocycles. The normalized spacial score (nSPS) is 33.4. The van der Waals surface area contributed by atoms with Crippen LogP contribution in [-0.4, -0.2) is 29.6 Å². The Hall–Kier alpha value is -1.80. The lowest BCUT2D eigenvalue weighted by atomic mass is 9.44. The lowest BCUT2D eigenvalue weighted by Gasteiger charge is -2.65. The molecule has 0 radical (unpaired) electrons. The maximum atomic E-state index is 10.9. The lowest BCUT2D eigenvalue weighted by molar-refractivity contribution is -0.0735. The fraction of sp³-hybridized carbons (Fsp3) is 0.500. The quantitative estimate of drug-likeness (QED) is 0.772. The summed E-state index contributed by atoms with van der Waals surface area (Å²) in [6, 6.07) is 15.4. The summed E-state index contributed by atoms with van der Waals surface area (Å²) in [6.45, 7) is 3.72. The van der Waals surface area contributed by atoms with E-state index in [2.05, 4.69) is 43.1 Å². The van der Waals surface area contributed by atoms with Crippen LogP contribution in [-0.2, 0) is 11.8 Å². The first-order valence-electron chi connectivity index (χ1n) is 10.2. The summed E-state index contributed by atoms with van der Waals surface area (Å²) in [6.07, 6.45) is 7.63. The number of phenolic OH excluding ortho intramolecular Hbond substituents is 1. The molecule has 0 spiro atoms. The summed E-state index contributed by atoms with van der Waals surface area (Å²) in [5, 5.41) is 10.9. The SMILES string of the molecule is CN1CC[C@@]23CCCC[C@]2(C)[C@@H]1Cc1cc(-c2ccccc2)c(O)cc13. The van der Waals surface area contributed by atoms with E-state index in [9.17, 15) is 5.11 Å². The van der Waals surface area contributed by atoms with E-state index in [1.54, 1.807) is 0 Å². The minimum Gasteiger partial charge on any atom is -0.507 e. The van der Waals surface area contributed by atoms with Crippen LogP contribution in [0.15, 0.2) is 42.5 Å². The molecule has 0 aromatic heterocycles. The number of aromatic hydroxyl groups is 1. The van der Waals surface area contributed by atoms with Gasteiger partial charge in [0.25, 0.3) is 0 Å². The standard InChI is InChI=1S/C24H29NO/c1-23-10-6-7-11-24(23)12-13-25(2)22(23)15-18-14-19(21(26)16-20(18)24)17-8-4-3-5-9-17/h3-5,8-9,14,16,22,26H,6-7,10-13,15H2,1-2H3/t22-,23+,24+/m0/s1. The molecule has 0 unspecified atom stereocenters. The van der Waals surface area contributed by atoms with Crippen LogP contribution in [0.3, 0.4) is 0 Å². The average molecular weight is 348 g/mol. The van der Waals surface area contributed by atoms with Gasteiger partial charge in [0.05, 0.1) is 0 Å². The molecule has 2 aliphatic carbocycles. The van der Waals surface area contributed by atoms with Gasteiger partial charge in [-0.3, -0.25) is 0 Å². The average Bonchev–Trinajstić information content (AvgIpc) is 2.65.